The van der Waals surface area contributed by atoms with Gasteiger partial charge in [0.1, 0.15) is 5.82 Å². The summed E-state index contributed by atoms with van der Waals surface area (Å²) in [6, 6.07) is 5.04. The van der Waals surface area contributed by atoms with Crippen LogP contribution in [0.5, 0.6) is 0 Å². The summed E-state index contributed by atoms with van der Waals surface area (Å²) < 4.78 is 19.4. The van der Waals surface area contributed by atoms with Crippen molar-refractivity contribution in [3.63, 3.8) is 0 Å². The molecule has 0 aromatic heterocycles. The second-order valence-electron chi connectivity index (χ2n) is 4.96. The normalized spacial score (nSPS) is 12.6. The average Bonchev–Trinajstić information content (AvgIpc) is 2.44. The van der Waals surface area contributed by atoms with E-state index in [2.05, 4.69) is 19.2 Å². The van der Waals surface area contributed by atoms with Crippen molar-refractivity contribution in [1.82, 2.24) is 5.32 Å². The number of nitrogens with one attached hydrogen (secondary N) is 1. The summed E-state index contributed by atoms with van der Waals surface area (Å²) in [5.41, 5.74) is 0.596. The summed E-state index contributed by atoms with van der Waals surface area (Å²) in [7, 11) is 0. The fraction of sp³-hybridized carbons (Fsp3) is 0.625. The molecule has 0 saturated heterocycles. The third kappa shape index (κ3) is 6.21. The van der Waals surface area contributed by atoms with Crippen LogP contribution in [0.2, 0.25) is 5.02 Å². The van der Waals surface area contributed by atoms with Gasteiger partial charge in [0.25, 0.3) is 0 Å². The number of rotatable bonds is 10. The van der Waals surface area contributed by atoms with E-state index in [4.69, 9.17) is 16.3 Å². The zero-order valence-electron chi connectivity index (χ0n) is 12.4. The maximum absolute atomic E-state index is 13.8. The Bertz CT molecular complexity index is 366. The highest BCUT2D eigenvalue weighted by atomic mass is 35.5. The van der Waals surface area contributed by atoms with E-state index in [-0.39, 0.29) is 11.9 Å². The first kappa shape index (κ1) is 17.4. The molecule has 1 N–H and O–H groups in total. The molecule has 2 nitrogen and oxygen atoms in total. The molecule has 20 heavy (non-hydrogen) atoms. The molecule has 0 fully saturated rings. The Morgan fingerprint density at radius 2 is 2.05 bits per heavy atom. The Labute approximate surface area is 126 Å². The highest BCUT2D eigenvalue weighted by Crippen LogP contribution is 2.21. The van der Waals surface area contributed by atoms with Crippen molar-refractivity contribution >= 4 is 11.6 Å². The highest BCUT2D eigenvalue weighted by Gasteiger charge is 2.14. The second-order valence-corrected chi connectivity index (χ2v) is 5.36. The Kier molecular flexibility index (Phi) is 8.83. The molecule has 0 aliphatic rings. The minimum Gasteiger partial charge on any atom is -0.381 e. The lowest BCUT2D eigenvalue weighted by molar-refractivity contribution is 0.124. The summed E-state index contributed by atoms with van der Waals surface area (Å²) in [5, 5.41) is 3.95. The third-order valence-electron chi connectivity index (χ3n) is 3.15. The summed E-state index contributed by atoms with van der Waals surface area (Å²) in [6.45, 7) is 6.60. The van der Waals surface area contributed by atoms with Gasteiger partial charge in [-0.15, -0.1) is 0 Å². The number of hydrogen-bond donors (Lipinski definition) is 1. The van der Waals surface area contributed by atoms with Crippen LogP contribution in [0, 0.1) is 5.82 Å². The van der Waals surface area contributed by atoms with Crippen molar-refractivity contribution in [3.8, 4) is 0 Å². The van der Waals surface area contributed by atoms with Gasteiger partial charge >= 0.3 is 0 Å². The van der Waals surface area contributed by atoms with Gasteiger partial charge in [0.05, 0.1) is 0 Å². The molecule has 0 aliphatic carbocycles. The van der Waals surface area contributed by atoms with Gasteiger partial charge < -0.3 is 10.1 Å². The van der Waals surface area contributed by atoms with Gasteiger partial charge in [0.2, 0.25) is 0 Å². The molecule has 0 radical (unpaired) electrons. The van der Waals surface area contributed by atoms with Crippen LogP contribution in [0.1, 0.15) is 38.7 Å². The summed E-state index contributed by atoms with van der Waals surface area (Å²) in [6.07, 6.45) is 3.54. The third-order valence-corrected chi connectivity index (χ3v) is 3.51. The maximum Gasteiger partial charge on any atom is 0.127 e. The van der Waals surface area contributed by atoms with Crippen molar-refractivity contribution in [3.05, 3.63) is 34.6 Å². The second kappa shape index (κ2) is 10.1. The van der Waals surface area contributed by atoms with Gasteiger partial charge in [0.15, 0.2) is 0 Å². The lowest BCUT2D eigenvalue weighted by Crippen LogP contribution is -2.33. The number of halogens is 2. The zero-order chi connectivity index (χ0) is 14.8. The molecule has 1 aromatic carbocycles. The molecule has 1 unspecified atom stereocenters. The Balaban J connectivity index is 2.58. The SMILES string of the molecule is CCCNC(CCOCCC)Cc1c(F)cccc1Cl. The predicted molar refractivity (Wildman–Crippen MR) is 82.9 cm³/mol. The quantitative estimate of drug-likeness (QED) is 0.654. The average molecular weight is 302 g/mol. The number of hydrogen-bond acceptors (Lipinski definition) is 2. The smallest absolute Gasteiger partial charge is 0.127 e. The number of ether oxygens (including phenoxy) is 1. The van der Waals surface area contributed by atoms with Crippen LogP contribution in [0.3, 0.4) is 0 Å². The van der Waals surface area contributed by atoms with E-state index < -0.39 is 0 Å². The van der Waals surface area contributed by atoms with Crippen molar-refractivity contribution in [2.24, 2.45) is 0 Å². The van der Waals surface area contributed by atoms with Crippen LogP contribution in [0.4, 0.5) is 4.39 Å². The molecule has 0 aliphatic heterocycles. The van der Waals surface area contributed by atoms with Gasteiger partial charge in [-0.05, 0) is 44.4 Å². The van der Waals surface area contributed by atoms with Gasteiger partial charge in [-0.3, -0.25) is 0 Å². The molecule has 0 spiro atoms. The molecule has 0 bridgehead atoms. The molecule has 114 valence electrons. The van der Waals surface area contributed by atoms with Crippen LogP contribution in [0.25, 0.3) is 0 Å². The van der Waals surface area contributed by atoms with E-state index in [9.17, 15) is 4.39 Å². The predicted octanol–water partition coefficient (Wildman–Crippen LogP) is 4.21. The van der Waals surface area contributed by atoms with Crippen LogP contribution in [-0.4, -0.2) is 25.8 Å². The van der Waals surface area contributed by atoms with Crippen molar-refractivity contribution in [2.45, 2.75) is 45.6 Å². The Morgan fingerprint density at radius 1 is 1.25 bits per heavy atom. The first-order valence-electron chi connectivity index (χ1n) is 7.43. The van der Waals surface area contributed by atoms with Crippen LogP contribution >= 0.6 is 11.6 Å². The van der Waals surface area contributed by atoms with E-state index in [0.717, 1.165) is 32.4 Å². The largest absolute Gasteiger partial charge is 0.381 e. The van der Waals surface area contributed by atoms with E-state index in [0.29, 0.717) is 23.6 Å². The van der Waals surface area contributed by atoms with Crippen molar-refractivity contribution < 1.29 is 9.13 Å². The molecule has 1 aromatic rings. The minimum absolute atomic E-state index is 0.196. The molecule has 1 rings (SSSR count). The van der Waals surface area contributed by atoms with E-state index in [1.165, 1.54) is 6.07 Å². The van der Waals surface area contributed by atoms with Crippen LogP contribution < -0.4 is 5.32 Å². The monoisotopic (exact) mass is 301 g/mol. The Hall–Kier alpha value is -0.640. The topological polar surface area (TPSA) is 21.3 Å². The highest BCUT2D eigenvalue weighted by molar-refractivity contribution is 6.31. The molecular weight excluding hydrogens is 277 g/mol. The lowest BCUT2D eigenvalue weighted by Gasteiger charge is -2.19. The molecule has 0 heterocycles. The van der Waals surface area contributed by atoms with E-state index in [1.54, 1.807) is 12.1 Å². The molecule has 0 amide bonds. The van der Waals surface area contributed by atoms with Crippen molar-refractivity contribution in [2.75, 3.05) is 19.8 Å². The van der Waals surface area contributed by atoms with E-state index in [1.807, 2.05) is 0 Å². The van der Waals surface area contributed by atoms with Crippen molar-refractivity contribution in [1.29, 1.82) is 0 Å². The van der Waals surface area contributed by atoms with Gasteiger partial charge in [-0.1, -0.05) is 31.5 Å². The first-order valence-corrected chi connectivity index (χ1v) is 7.80. The van der Waals surface area contributed by atoms with Crippen LogP contribution in [0.15, 0.2) is 18.2 Å². The van der Waals surface area contributed by atoms with Gasteiger partial charge in [0, 0.05) is 29.8 Å². The van der Waals surface area contributed by atoms with E-state index >= 15 is 0 Å². The fourth-order valence-corrected chi connectivity index (χ4v) is 2.31. The zero-order valence-corrected chi connectivity index (χ0v) is 13.2. The minimum atomic E-state index is -0.227. The van der Waals surface area contributed by atoms with Gasteiger partial charge in [-0.2, -0.15) is 0 Å². The van der Waals surface area contributed by atoms with Gasteiger partial charge in [-0.25, -0.2) is 4.39 Å². The number of benzene rings is 1. The summed E-state index contributed by atoms with van der Waals surface area (Å²) >= 11 is 6.09. The summed E-state index contributed by atoms with van der Waals surface area (Å²) in [4.78, 5) is 0. The molecule has 1 atom stereocenters. The molecular formula is C16H25ClFNO. The first-order chi connectivity index (χ1) is 9.69. The summed E-state index contributed by atoms with van der Waals surface area (Å²) in [5.74, 6) is -0.227. The maximum atomic E-state index is 13.8. The lowest BCUT2D eigenvalue weighted by atomic mass is 10.0. The Morgan fingerprint density at radius 3 is 2.70 bits per heavy atom. The molecule has 4 heteroatoms. The molecule has 0 saturated carbocycles. The fourth-order valence-electron chi connectivity index (χ4n) is 2.07. The van der Waals surface area contributed by atoms with Crippen LogP contribution in [-0.2, 0) is 11.2 Å². The standard InChI is InChI=1S/C16H25ClFNO/c1-3-9-19-13(8-11-20-10-4-2)12-14-15(17)6-5-7-16(14)18/h5-7,13,19H,3-4,8-12H2,1-2H3.